The highest BCUT2D eigenvalue weighted by molar-refractivity contribution is 7.13. The smallest absolute Gasteiger partial charge is 0.261 e. The molecule has 2 aromatic rings. The van der Waals surface area contributed by atoms with Gasteiger partial charge in [-0.25, -0.2) is 0 Å². The second kappa shape index (κ2) is 6.96. The third-order valence-corrected chi connectivity index (χ3v) is 3.66. The minimum atomic E-state index is -0.0580. The summed E-state index contributed by atoms with van der Waals surface area (Å²) in [7, 11) is 1.61. The first-order valence-corrected chi connectivity index (χ1v) is 7.12. The van der Waals surface area contributed by atoms with Gasteiger partial charge in [0.25, 0.3) is 5.91 Å². The van der Waals surface area contributed by atoms with Crippen LogP contribution in [0.1, 0.15) is 14.5 Å². The molecular formula is C15H17NO3S. The van der Waals surface area contributed by atoms with Gasteiger partial charge in [-0.15, -0.1) is 11.3 Å². The number of methoxy groups -OCH3 is 1. The van der Waals surface area contributed by atoms with Crippen molar-refractivity contribution in [3.05, 3.63) is 46.2 Å². The van der Waals surface area contributed by atoms with E-state index < -0.39 is 0 Å². The Morgan fingerprint density at radius 1 is 1.25 bits per heavy atom. The van der Waals surface area contributed by atoms with Crippen LogP contribution in [-0.2, 0) is 0 Å². The van der Waals surface area contributed by atoms with E-state index in [4.69, 9.17) is 9.47 Å². The summed E-state index contributed by atoms with van der Waals surface area (Å²) in [5, 5.41) is 2.83. The standard InChI is InChI=1S/C15H17NO3S/c1-11-6-7-14(20-11)15(17)16-8-9-19-13-5-3-4-12(10-13)18-2/h3-7,10H,8-9H2,1-2H3,(H,16,17). The maximum absolute atomic E-state index is 11.8. The Morgan fingerprint density at radius 3 is 2.75 bits per heavy atom. The molecule has 0 spiro atoms. The van der Waals surface area contributed by atoms with Gasteiger partial charge in [0, 0.05) is 10.9 Å². The van der Waals surface area contributed by atoms with Gasteiger partial charge in [0.15, 0.2) is 0 Å². The Kier molecular flexibility index (Phi) is 5.01. The Labute approximate surface area is 122 Å². The monoisotopic (exact) mass is 291 g/mol. The van der Waals surface area contributed by atoms with Gasteiger partial charge in [-0.3, -0.25) is 4.79 Å². The molecule has 2 rings (SSSR count). The Hall–Kier alpha value is -2.01. The molecule has 0 aliphatic heterocycles. The molecule has 4 nitrogen and oxygen atoms in total. The lowest BCUT2D eigenvalue weighted by Crippen LogP contribution is -2.27. The lowest BCUT2D eigenvalue weighted by atomic mass is 10.3. The van der Waals surface area contributed by atoms with E-state index in [9.17, 15) is 4.79 Å². The Morgan fingerprint density at radius 2 is 2.05 bits per heavy atom. The molecule has 0 bridgehead atoms. The zero-order valence-corrected chi connectivity index (χ0v) is 12.3. The SMILES string of the molecule is COc1cccc(OCCNC(=O)c2ccc(C)s2)c1. The fourth-order valence-corrected chi connectivity index (χ4v) is 2.45. The van der Waals surface area contributed by atoms with Crippen molar-refractivity contribution in [2.45, 2.75) is 6.92 Å². The summed E-state index contributed by atoms with van der Waals surface area (Å²) in [6.07, 6.45) is 0. The molecular weight excluding hydrogens is 274 g/mol. The molecule has 1 heterocycles. The Balaban J connectivity index is 1.74. The molecule has 5 heteroatoms. The van der Waals surface area contributed by atoms with E-state index in [2.05, 4.69) is 5.32 Å². The third-order valence-electron chi connectivity index (χ3n) is 2.66. The lowest BCUT2D eigenvalue weighted by Gasteiger charge is -2.08. The largest absolute Gasteiger partial charge is 0.497 e. The number of thiophene rings is 1. The van der Waals surface area contributed by atoms with E-state index in [0.717, 1.165) is 21.3 Å². The van der Waals surface area contributed by atoms with E-state index >= 15 is 0 Å². The first-order valence-electron chi connectivity index (χ1n) is 6.30. The number of hydrogen-bond donors (Lipinski definition) is 1. The van der Waals surface area contributed by atoms with Crippen LogP contribution in [0, 0.1) is 6.92 Å². The predicted octanol–water partition coefficient (Wildman–Crippen LogP) is 2.87. The van der Waals surface area contributed by atoms with Gasteiger partial charge in [0.05, 0.1) is 18.5 Å². The van der Waals surface area contributed by atoms with E-state index in [0.29, 0.717) is 13.2 Å². The van der Waals surface area contributed by atoms with Crippen LogP contribution >= 0.6 is 11.3 Å². The van der Waals surface area contributed by atoms with Gasteiger partial charge in [-0.2, -0.15) is 0 Å². The first-order chi connectivity index (χ1) is 9.69. The highest BCUT2D eigenvalue weighted by Gasteiger charge is 2.06. The molecule has 1 aromatic carbocycles. The summed E-state index contributed by atoms with van der Waals surface area (Å²) in [5.41, 5.74) is 0. The molecule has 1 N–H and O–H groups in total. The minimum absolute atomic E-state index is 0.0580. The summed E-state index contributed by atoms with van der Waals surface area (Å²) in [4.78, 5) is 13.6. The van der Waals surface area contributed by atoms with E-state index in [-0.39, 0.29) is 5.91 Å². The van der Waals surface area contributed by atoms with Crippen LogP contribution in [0.2, 0.25) is 0 Å². The van der Waals surface area contributed by atoms with Gasteiger partial charge in [0.1, 0.15) is 18.1 Å². The molecule has 0 saturated heterocycles. The van der Waals surface area contributed by atoms with Crippen molar-refractivity contribution in [2.75, 3.05) is 20.3 Å². The summed E-state index contributed by atoms with van der Waals surface area (Å²) in [6.45, 7) is 2.86. The van der Waals surface area contributed by atoms with Gasteiger partial charge in [-0.1, -0.05) is 6.07 Å². The molecule has 0 atom stereocenters. The molecule has 0 aliphatic carbocycles. The van der Waals surface area contributed by atoms with Crippen molar-refractivity contribution in [1.82, 2.24) is 5.32 Å². The number of aryl methyl sites for hydroxylation is 1. The number of ether oxygens (including phenoxy) is 2. The molecule has 0 unspecified atom stereocenters. The number of benzene rings is 1. The topological polar surface area (TPSA) is 47.6 Å². The molecule has 0 fully saturated rings. The number of nitrogens with one attached hydrogen (secondary N) is 1. The molecule has 106 valence electrons. The number of carbonyl (C=O) groups is 1. The summed E-state index contributed by atoms with van der Waals surface area (Å²) >= 11 is 1.49. The van der Waals surface area contributed by atoms with Crippen LogP contribution in [0.5, 0.6) is 11.5 Å². The molecule has 0 saturated carbocycles. The predicted molar refractivity (Wildman–Crippen MR) is 79.9 cm³/mol. The number of hydrogen-bond acceptors (Lipinski definition) is 4. The van der Waals surface area contributed by atoms with E-state index in [1.54, 1.807) is 7.11 Å². The molecule has 20 heavy (non-hydrogen) atoms. The maximum Gasteiger partial charge on any atom is 0.261 e. The van der Waals surface area contributed by atoms with Crippen LogP contribution < -0.4 is 14.8 Å². The fourth-order valence-electron chi connectivity index (χ4n) is 1.67. The van der Waals surface area contributed by atoms with Crippen molar-refractivity contribution in [3.63, 3.8) is 0 Å². The van der Waals surface area contributed by atoms with Crippen molar-refractivity contribution < 1.29 is 14.3 Å². The minimum Gasteiger partial charge on any atom is -0.497 e. The zero-order valence-electron chi connectivity index (χ0n) is 11.5. The van der Waals surface area contributed by atoms with Crippen LogP contribution in [0.25, 0.3) is 0 Å². The first kappa shape index (κ1) is 14.4. The van der Waals surface area contributed by atoms with Gasteiger partial charge in [0.2, 0.25) is 0 Å². The van der Waals surface area contributed by atoms with Crippen molar-refractivity contribution in [3.8, 4) is 11.5 Å². The lowest BCUT2D eigenvalue weighted by molar-refractivity contribution is 0.0951. The fraction of sp³-hybridized carbons (Fsp3) is 0.267. The second-order valence-electron chi connectivity index (χ2n) is 4.19. The molecule has 1 amide bonds. The highest BCUT2D eigenvalue weighted by atomic mass is 32.1. The summed E-state index contributed by atoms with van der Waals surface area (Å²) in [6, 6.07) is 11.1. The zero-order chi connectivity index (χ0) is 14.4. The average Bonchev–Trinajstić information content (AvgIpc) is 2.90. The molecule has 0 aliphatic rings. The van der Waals surface area contributed by atoms with Crippen LogP contribution in [0.3, 0.4) is 0 Å². The van der Waals surface area contributed by atoms with Gasteiger partial charge >= 0.3 is 0 Å². The van der Waals surface area contributed by atoms with E-state index in [1.165, 1.54) is 11.3 Å². The van der Waals surface area contributed by atoms with Gasteiger partial charge in [-0.05, 0) is 31.2 Å². The van der Waals surface area contributed by atoms with Crippen LogP contribution in [0.15, 0.2) is 36.4 Å². The third kappa shape index (κ3) is 3.99. The van der Waals surface area contributed by atoms with Crippen LogP contribution in [-0.4, -0.2) is 26.2 Å². The Bertz CT molecular complexity index is 580. The summed E-state index contributed by atoms with van der Waals surface area (Å²) < 4.78 is 10.7. The molecule has 0 radical (unpaired) electrons. The normalized spacial score (nSPS) is 10.1. The highest BCUT2D eigenvalue weighted by Crippen LogP contribution is 2.18. The number of carbonyl (C=O) groups excluding carboxylic acids is 1. The van der Waals surface area contributed by atoms with E-state index in [1.807, 2.05) is 43.3 Å². The van der Waals surface area contributed by atoms with Crippen molar-refractivity contribution >= 4 is 17.2 Å². The second-order valence-corrected chi connectivity index (χ2v) is 5.48. The maximum atomic E-state index is 11.8. The number of rotatable bonds is 6. The van der Waals surface area contributed by atoms with Crippen molar-refractivity contribution in [1.29, 1.82) is 0 Å². The quantitative estimate of drug-likeness (QED) is 0.833. The average molecular weight is 291 g/mol. The van der Waals surface area contributed by atoms with Gasteiger partial charge < -0.3 is 14.8 Å². The van der Waals surface area contributed by atoms with Crippen LogP contribution in [0.4, 0.5) is 0 Å². The summed E-state index contributed by atoms with van der Waals surface area (Å²) in [5.74, 6) is 1.42. The number of amides is 1. The van der Waals surface area contributed by atoms with Crippen molar-refractivity contribution in [2.24, 2.45) is 0 Å². The molecule has 1 aromatic heterocycles.